The summed E-state index contributed by atoms with van der Waals surface area (Å²) in [7, 11) is 0. The Morgan fingerprint density at radius 1 is 1.35 bits per heavy atom. The van der Waals surface area contributed by atoms with Gasteiger partial charge in [0.25, 0.3) is 0 Å². The molecule has 1 aliphatic rings. The lowest BCUT2D eigenvalue weighted by Gasteiger charge is -2.29. The van der Waals surface area contributed by atoms with E-state index in [0.717, 1.165) is 49.5 Å². The minimum atomic E-state index is -0.204. The summed E-state index contributed by atoms with van der Waals surface area (Å²) in [5.41, 5.74) is 1.97. The van der Waals surface area contributed by atoms with Crippen LogP contribution in [0.25, 0.3) is 11.5 Å². The SMILES string of the molecule is Cc1oc(-c2ccccc2)nc1CN1CCCC(O)C1. The van der Waals surface area contributed by atoms with Gasteiger partial charge in [-0.25, -0.2) is 4.98 Å². The van der Waals surface area contributed by atoms with Crippen LogP contribution in [-0.4, -0.2) is 34.2 Å². The van der Waals surface area contributed by atoms with E-state index < -0.39 is 0 Å². The summed E-state index contributed by atoms with van der Waals surface area (Å²) >= 11 is 0. The molecule has 0 saturated carbocycles. The second-order valence-corrected chi connectivity index (χ2v) is 5.42. The van der Waals surface area contributed by atoms with Crippen molar-refractivity contribution in [2.24, 2.45) is 0 Å². The molecule has 0 amide bonds. The van der Waals surface area contributed by atoms with Crippen LogP contribution in [0.3, 0.4) is 0 Å². The van der Waals surface area contributed by atoms with Gasteiger partial charge in [0.05, 0.1) is 11.8 Å². The third kappa shape index (κ3) is 2.92. The number of benzene rings is 1. The standard InChI is InChI=1S/C16H20N2O2/c1-12-15(11-18-9-5-8-14(19)10-18)17-16(20-12)13-6-3-2-4-7-13/h2-4,6-7,14,19H,5,8-11H2,1H3. The molecule has 4 nitrogen and oxygen atoms in total. The molecule has 2 aromatic rings. The van der Waals surface area contributed by atoms with Crippen LogP contribution in [-0.2, 0) is 6.54 Å². The molecule has 20 heavy (non-hydrogen) atoms. The zero-order valence-corrected chi connectivity index (χ0v) is 11.7. The number of aryl methyl sites for hydroxylation is 1. The Bertz CT molecular complexity index is 565. The summed E-state index contributed by atoms with van der Waals surface area (Å²) in [5.74, 6) is 1.54. The van der Waals surface area contributed by atoms with Crippen molar-refractivity contribution in [2.45, 2.75) is 32.4 Å². The molecule has 0 radical (unpaired) electrons. The Morgan fingerprint density at radius 2 is 2.15 bits per heavy atom. The number of aliphatic hydroxyl groups excluding tert-OH is 1. The van der Waals surface area contributed by atoms with E-state index in [1.807, 2.05) is 37.3 Å². The second kappa shape index (κ2) is 5.77. The third-order valence-corrected chi connectivity index (χ3v) is 3.77. The molecule has 106 valence electrons. The fourth-order valence-electron chi connectivity index (χ4n) is 2.67. The van der Waals surface area contributed by atoms with Gasteiger partial charge in [-0.15, -0.1) is 0 Å². The lowest BCUT2D eigenvalue weighted by atomic mass is 10.1. The van der Waals surface area contributed by atoms with Crippen molar-refractivity contribution in [1.82, 2.24) is 9.88 Å². The Morgan fingerprint density at radius 3 is 2.90 bits per heavy atom. The normalized spacial score (nSPS) is 20.2. The summed E-state index contributed by atoms with van der Waals surface area (Å²) in [4.78, 5) is 6.85. The zero-order chi connectivity index (χ0) is 13.9. The third-order valence-electron chi connectivity index (χ3n) is 3.77. The fraction of sp³-hybridized carbons (Fsp3) is 0.438. The number of aromatic nitrogens is 1. The molecule has 0 bridgehead atoms. The maximum atomic E-state index is 9.72. The molecule has 1 fully saturated rings. The Hall–Kier alpha value is -1.65. The highest BCUT2D eigenvalue weighted by Crippen LogP contribution is 2.23. The van der Waals surface area contributed by atoms with Crippen molar-refractivity contribution in [3.05, 3.63) is 41.8 Å². The average molecular weight is 272 g/mol. The highest BCUT2D eigenvalue weighted by Gasteiger charge is 2.20. The quantitative estimate of drug-likeness (QED) is 0.933. The highest BCUT2D eigenvalue weighted by atomic mass is 16.4. The molecule has 1 unspecified atom stereocenters. The lowest BCUT2D eigenvalue weighted by molar-refractivity contribution is 0.0660. The maximum absolute atomic E-state index is 9.72. The van der Waals surface area contributed by atoms with Crippen LogP contribution in [0.4, 0.5) is 0 Å². The van der Waals surface area contributed by atoms with Gasteiger partial charge in [0.2, 0.25) is 5.89 Å². The molecule has 1 saturated heterocycles. The number of piperidine rings is 1. The van der Waals surface area contributed by atoms with Crippen LogP contribution in [0.5, 0.6) is 0 Å². The van der Waals surface area contributed by atoms with E-state index in [0.29, 0.717) is 5.89 Å². The Kier molecular flexibility index (Phi) is 3.85. The van der Waals surface area contributed by atoms with Gasteiger partial charge in [-0.05, 0) is 38.4 Å². The van der Waals surface area contributed by atoms with E-state index in [1.165, 1.54) is 0 Å². The molecule has 4 heteroatoms. The molecule has 1 aliphatic heterocycles. The second-order valence-electron chi connectivity index (χ2n) is 5.42. The van der Waals surface area contributed by atoms with Crippen LogP contribution in [0.1, 0.15) is 24.3 Å². The van der Waals surface area contributed by atoms with Gasteiger partial charge < -0.3 is 9.52 Å². The predicted molar refractivity (Wildman–Crippen MR) is 77.2 cm³/mol. The molecule has 1 aromatic heterocycles. The largest absolute Gasteiger partial charge is 0.441 e. The van der Waals surface area contributed by atoms with Gasteiger partial charge in [-0.3, -0.25) is 4.90 Å². The summed E-state index contributed by atoms with van der Waals surface area (Å²) in [6, 6.07) is 9.94. The molecule has 0 spiro atoms. The number of nitrogens with zero attached hydrogens (tertiary/aromatic N) is 2. The number of oxazole rings is 1. The molecular formula is C16H20N2O2. The van der Waals surface area contributed by atoms with Crippen LogP contribution in [0.15, 0.2) is 34.7 Å². The monoisotopic (exact) mass is 272 g/mol. The van der Waals surface area contributed by atoms with E-state index in [1.54, 1.807) is 0 Å². The van der Waals surface area contributed by atoms with E-state index in [2.05, 4.69) is 9.88 Å². The van der Waals surface area contributed by atoms with Crippen molar-refractivity contribution in [1.29, 1.82) is 0 Å². The molecule has 1 atom stereocenters. The molecule has 1 aromatic carbocycles. The number of hydrogen-bond acceptors (Lipinski definition) is 4. The summed E-state index contributed by atoms with van der Waals surface area (Å²) in [6.07, 6.45) is 1.75. The minimum Gasteiger partial charge on any atom is -0.441 e. The van der Waals surface area contributed by atoms with E-state index in [9.17, 15) is 5.11 Å². The molecule has 0 aliphatic carbocycles. The smallest absolute Gasteiger partial charge is 0.226 e. The van der Waals surface area contributed by atoms with Crippen LogP contribution in [0.2, 0.25) is 0 Å². The van der Waals surface area contributed by atoms with Gasteiger partial charge >= 0.3 is 0 Å². The van der Waals surface area contributed by atoms with Gasteiger partial charge in [0, 0.05) is 18.7 Å². The average Bonchev–Trinajstić information content (AvgIpc) is 2.81. The topological polar surface area (TPSA) is 49.5 Å². The first kappa shape index (κ1) is 13.3. The number of β-amino-alcohol motifs (C(OH)–C–C–N with tert-alkyl or cyclic N) is 1. The number of likely N-dealkylation sites (tertiary alicyclic amines) is 1. The highest BCUT2D eigenvalue weighted by molar-refractivity contribution is 5.53. The van der Waals surface area contributed by atoms with Crippen molar-refractivity contribution < 1.29 is 9.52 Å². The number of aliphatic hydroxyl groups is 1. The van der Waals surface area contributed by atoms with Crippen LogP contribution in [0, 0.1) is 6.92 Å². The molecular weight excluding hydrogens is 252 g/mol. The molecule has 2 heterocycles. The number of hydrogen-bond donors (Lipinski definition) is 1. The van der Waals surface area contributed by atoms with Crippen molar-refractivity contribution in [3.8, 4) is 11.5 Å². The Balaban J connectivity index is 1.76. The first-order valence-electron chi connectivity index (χ1n) is 7.14. The van der Waals surface area contributed by atoms with E-state index in [4.69, 9.17) is 4.42 Å². The van der Waals surface area contributed by atoms with Gasteiger partial charge in [-0.2, -0.15) is 0 Å². The van der Waals surface area contributed by atoms with Gasteiger partial charge in [-0.1, -0.05) is 18.2 Å². The van der Waals surface area contributed by atoms with Crippen LogP contribution >= 0.6 is 0 Å². The van der Waals surface area contributed by atoms with Crippen molar-refractivity contribution >= 4 is 0 Å². The molecule has 1 N–H and O–H groups in total. The van der Waals surface area contributed by atoms with E-state index >= 15 is 0 Å². The zero-order valence-electron chi connectivity index (χ0n) is 11.7. The predicted octanol–water partition coefficient (Wildman–Crippen LogP) is 2.61. The number of rotatable bonds is 3. The molecule has 3 rings (SSSR count). The summed E-state index contributed by atoms with van der Waals surface area (Å²) in [6.45, 7) is 4.45. The summed E-state index contributed by atoms with van der Waals surface area (Å²) in [5, 5.41) is 9.72. The van der Waals surface area contributed by atoms with Crippen LogP contribution < -0.4 is 0 Å². The van der Waals surface area contributed by atoms with Gasteiger partial charge in [0.15, 0.2) is 0 Å². The Labute approximate surface area is 119 Å². The first-order chi connectivity index (χ1) is 9.72. The minimum absolute atomic E-state index is 0.204. The first-order valence-corrected chi connectivity index (χ1v) is 7.14. The van der Waals surface area contributed by atoms with Crippen molar-refractivity contribution in [3.63, 3.8) is 0 Å². The fourth-order valence-corrected chi connectivity index (χ4v) is 2.67. The summed E-state index contributed by atoms with van der Waals surface area (Å²) < 4.78 is 5.77. The van der Waals surface area contributed by atoms with Crippen molar-refractivity contribution in [2.75, 3.05) is 13.1 Å². The van der Waals surface area contributed by atoms with E-state index in [-0.39, 0.29) is 6.10 Å². The lowest BCUT2D eigenvalue weighted by Crippen LogP contribution is -2.37. The van der Waals surface area contributed by atoms with Gasteiger partial charge in [0.1, 0.15) is 5.76 Å². The maximum Gasteiger partial charge on any atom is 0.226 e.